The van der Waals surface area contributed by atoms with Crippen LogP contribution in [0.1, 0.15) is 65.2 Å². The van der Waals surface area contributed by atoms with E-state index < -0.39 is 0 Å². The van der Waals surface area contributed by atoms with E-state index in [2.05, 4.69) is 18.7 Å². The van der Waals surface area contributed by atoms with Crippen molar-refractivity contribution < 1.29 is 0 Å². The molecule has 1 unspecified atom stereocenters. The van der Waals surface area contributed by atoms with Gasteiger partial charge in [-0.25, -0.2) is 0 Å². The van der Waals surface area contributed by atoms with E-state index in [-0.39, 0.29) is 0 Å². The Balaban J connectivity index is 1.90. The van der Waals surface area contributed by atoms with Gasteiger partial charge >= 0.3 is 0 Å². The van der Waals surface area contributed by atoms with E-state index in [1.165, 1.54) is 64.5 Å². The molecule has 1 heterocycles. The summed E-state index contributed by atoms with van der Waals surface area (Å²) in [7, 11) is 0. The Kier molecular flexibility index (Phi) is 5.08. The summed E-state index contributed by atoms with van der Waals surface area (Å²) in [5, 5.41) is 0. The van der Waals surface area contributed by atoms with Gasteiger partial charge in [0.15, 0.2) is 0 Å². The molecule has 2 aliphatic rings. The number of nitrogens with two attached hydrogens (primary N) is 1. The SMILES string of the molecule is CCC(CC)C(CN)N1CCC2(CCCC2)CC1. The third kappa shape index (κ3) is 2.91. The third-order valence-corrected chi connectivity index (χ3v) is 5.83. The van der Waals surface area contributed by atoms with Crippen molar-refractivity contribution in [2.45, 2.75) is 71.3 Å². The van der Waals surface area contributed by atoms with E-state index in [0.29, 0.717) is 6.04 Å². The molecule has 1 atom stereocenters. The predicted molar refractivity (Wildman–Crippen MR) is 78.6 cm³/mol. The fourth-order valence-corrected chi connectivity index (χ4v) is 4.43. The highest BCUT2D eigenvalue weighted by Crippen LogP contribution is 2.46. The van der Waals surface area contributed by atoms with E-state index in [4.69, 9.17) is 5.73 Å². The van der Waals surface area contributed by atoms with Gasteiger partial charge in [0.2, 0.25) is 0 Å². The second kappa shape index (κ2) is 6.38. The van der Waals surface area contributed by atoms with Gasteiger partial charge in [-0.05, 0) is 50.1 Å². The van der Waals surface area contributed by atoms with Crippen molar-refractivity contribution in [2.24, 2.45) is 17.1 Å². The van der Waals surface area contributed by atoms with Crippen LogP contribution in [0.4, 0.5) is 0 Å². The number of hydrogen-bond acceptors (Lipinski definition) is 2. The lowest BCUT2D eigenvalue weighted by atomic mass is 9.76. The molecule has 106 valence electrons. The third-order valence-electron chi connectivity index (χ3n) is 5.83. The highest BCUT2D eigenvalue weighted by molar-refractivity contribution is 4.92. The molecular weight excluding hydrogens is 220 g/mol. The molecule has 18 heavy (non-hydrogen) atoms. The number of likely N-dealkylation sites (tertiary alicyclic amines) is 1. The summed E-state index contributed by atoms with van der Waals surface area (Å²) in [6.45, 7) is 8.09. The van der Waals surface area contributed by atoms with Crippen LogP contribution in [0.25, 0.3) is 0 Å². The first-order valence-corrected chi connectivity index (χ1v) is 8.19. The van der Waals surface area contributed by atoms with Crippen molar-refractivity contribution in [3.8, 4) is 0 Å². The van der Waals surface area contributed by atoms with Crippen LogP contribution in [0, 0.1) is 11.3 Å². The molecule has 0 bridgehead atoms. The van der Waals surface area contributed by atoms with Gasteiger partial charge in [0.1, 0.15) is 0 Å². The average molecular weight is 252 g/mol. The molecule has 0 aromatic rings. The first kappa shape index (κ1) is 14.3. The molecule has 1 aliphatic carbocycles. The summed E-state index contributed by atoms with van der Waals surface area (Å²) in [6.07, 6.45) is 11.4. The topological polar surface area (TPSA) is 29.3 Å². The molecule has 1 saturated heterocycles. The van der Waals surface area contributed by atoms with E-state index >= 15 is 0 Å². The van der Waals surface area contributed by atoms with Gasteiger partial charge in [0.05, 0.1) is 0 Å². The molecule has 0 aromatic carbocycles. The van der Waals surface area contributed by atoms with Crippen molar-refractivity contribution in [2.75, 3.05) is 19.6 Å². The van der Waals surface area contributed by atoms with Crippen LogP contribution >= 0.6 is 0 Å². The Morgan fingerprint density at radius 3 is 2.00 bits per heavy atom. The lowest BCUT2D eigenvalue weighted by Crippen LogP contribution is -2.50. The van der Waals surface area contributed by atoms with Gasteiger partial charge in [-0.2, -0.15) is 0 Å². The van der Waals surface area contributed by atoms with E-state index in [1.807, 2.05) is 0 Å². The molecule has 0 amide bonds. The lowest BCUT2D eigenvalue weighted by Gasteiger charge is -2.44. The normalized spacial score (nSPS) is 26.0. The molecule has 1 spiro atoms. The summed E-state index contributed by atoms with van der Waals surface area (Å²) in [6, 6.07) is 0.638. The van der Waals surface area contributed by atoms with Crippen molar-refractivity contribution in [3.05, 3.63) is 0 Å². The van der Waals surface area contributed by atoms with Gasteiger partial charge < -0.3 is 5.73 Å². The Hall–Kier alpha value is -0.0800. The van der Waals surface area contributed by atoms with Crippen LogP contribution in [0.3, 0.4) is 0 Å². The van der Waals surface area contributed by atoms with Gasteiger partial charge in [0.25, 0.3) is 0 Å². The summed E-state index contributed by atoms with van der Waals surface area (Å²) in [5.41, 5.74) is 6.80. The molecule has 0 radical (unpaired) electrons. The van der Waals surface area contributed by atoms with Crippen LogP contribution in [0.15, 0.2) is 0 Å². The molecule has 2 rings (SSSR count). The van der Waals surface area contributed by atoms with Crippen LogP contribution in [-0.4, -0.2) is 30.6 Å². The minimum absolute atomic E-state index is 0.638. The van der Waals surface area contributed by atoms with Gasteiger partial charge in [-0.3, -0.25) is 4.90 Å². The molecule has 2 fully saturated rings. The molecule has 2 N–H and O–H groups in total. The van der Waals surface area contributed by atoms with Gasteiger partial charge in [-0.1, -0.05) is 39.5 Å². The molecule has 1 aliphatic heterocycles. The van der Waals surface area contributed by atoms with Crippen molar-refractivity contribution in [3.63, 3.8) is 0 Å². The number of rotatable bonds is 5. The summed E-state index contributed by atoms with van der Waals surface area (Å²) in [4.78, 5) is 2.71. The van der Waals surface area contributed by atoms with Crippen LogP contribution in [-0.2, 0) is 0 Å². The molecule has 1 saturated carbocycles. The maximum atomic E-state index is 6.06. The Morgan fingerprint density at radius 2 is 1.56 bits per heavy atom. The molecule has 0 aromatic heterocycles. The zero-order chi connectivity index (χ0) is 13.0. The number of nitrogens with zero attached hydrogens (tertiary/aromatic N) is 1. The summed E-state index contributed by atoms with van der Waals surface area (Å²) >= 11 is 0. The van der Waals surface area contributed by atoms with E-state index in [1.54, 1.807) is 0 Å². The standard InChI is InChI=1S/C16H32N2/c1-3-14(4-2)15(13-17)18-11-9-16(10-12-18)7-5-6-8-16/h14-15H,3-13,17H2,1-2H3. The Labute approximate surface area is 113 Å². The van der Waals surface area contributed by atoms with E-state index in [0.717, 1.165) is 17.9 Å². The second-order valence-electron chi connectivity index (χ2n) is 6.62. The predicted octanol–water partition coefficient (Wildman–Crippen LogP) is 3.41. The first-order valence-electron chi connectivity index (χ1n) is 8.19. The second-order valence-corrected chi connectivity index (χ2v) is 6.62. The highest BCUT2D eigenvalue weighted by atomic mass is 15.2. The Morgan fingerprint density at radius 1 is 1.00 bits per heavy atom. The van der Waals surface area contributed by atoms with Crippen LogP contribution in [0.5, 0.6) is 0 Å². The summed E-state index contributed by atoms with van der Waals surface area (Å²) in [5.74, 6) is 0.799. The minimum Gasteiger partial charge on any atom is -0.329 e. The first-order chi connectivity index (χ1) is 8.74. The largest absolute Gasteiger partial charge is 0.329 e. The fraction of sp³-hybridized carbons (Fsp3) is 1.00. The monoisotopic (exact) mass is 252 g/mol. The quantitative estimate of drug-likeness (QED) is 0.812. The number of hydrogen-bond donors (Lipinski definition) is 1. The van der Waals surface area contributed by atoms with Gasteiger partial charge in [0, 0.05) is 12.6 Å². The molecular formula is C16H32N2. The minimum atomic E-state index is 0.638. The van der Waals surface area contributed by atoms with Crippen molar-refractivity contribution >= 4 is 0 Å². The van der Waals surface area contributed by atoms with E-state index in [9.17, 15) is 0 Å². The van der Waals surface area contributed by atoms with Crippen LogP contribution in [0.2, 0.25) is 0 Å². The molecule has 2 heteroatoms. The van der Waals surface area contributed by atoms with Gasteiger partial charge in [-0.15, -0.1) is 0 Å². The zero-order valence-corrected chi connectivity index (χ0v) is 12.5. The summed E-state index contributed by atoms with van der Waals surface area (Å²) < 4.78 is 0. The van der Waals surface area contributed by atoms with Crippen LogP contribution < -0.4 is 5.73 Å². The average Bonchev–Trinajstić information content (AvgIpc) is 2.86. The zero-order valence-electron chi connectivity index (χ0n) is 12.5. The van der Waals surface area contributed by atoms with Crippen molar-refractivity contribution in [1.82, 2.24) is 4.90 Å². The Bertz CT molecular complexity index is 231. The van der Waals surface area contributed by atoms with Crippen molar-refractivity contribution in [1.29, 1.82) is 0 Å². The fourth-order valence-electron chi connectivity index (χ4n) is 4.43. The number of piperidine rings is 1. The maximum Gasteiger partial charge on any atom is 0.0246 e. The molecule has 2 nitrogen and oxygen atoms in total. The highest BCUT2D eigenvalue weighted by Gasteiger charge is 2.38. The smallest absolute Gasteiger partial charge is 0.0246 e. The lowest BCUT2D eigenvalue weighted by molar-refractivity contribution is 0.0537. The maximum absolute atomic E-state index is 6.06.